The molecule has 1 aromatic heterocycles. The first-order valence-corrected chi connectivity index (χ1v) is 10.8. The summed E-state index contributed by atoms with van der Waals surface area (Å²) in [5, 5.41) is 10.7. The lowest BCUT2D eigenvalue weighted by molar-refractivity contribution is -0.150. The van der Waals surface area contributed by atoms with Crippen LogP contribution in [0.25, 0.3) is 11.0 Å². The zero-order chi connectivity index (χ0) is 21.9. The molecule has 30 heavy (non-hydrogen) atoms. The van der Waals surface area contributed by atoms with Gasteiger partial charge in [0.15, 0.2) is 11.4 Å². The van der Waals surface area contributed by atoms with Crippen LogP contribution in [0.4, 0.5) is 13.2 Å². The minimum Gasteiger partial charge on any atom is -0.493 e. The monoisotopic (exact) mass is 490 g/mol. The third-order valence-corrected chi connectivity index (χ3v) is 5.90. The van der Waals surface area contributed by atoms with E-state index in [0.717, 1.165) is 6.07 Å². The molecule has 0 radical (unpaired) electrons. The van der Waals surface area contributed by atoms with Gasteiger partial charge >= 0.3 is 12.1 Å². The molecule has 0 aliphatic heterocycles. The molecule has 1 aromatic carbocycles. The first kappa shape index (κ1) is 21.4. The summed E-state index contributed by atoms with van der Waals surface area (Å²) in [6, 6.07) is 2.09. The van der Waals surface area contributed by atoms with Gasteiger partial charge in [-0.3, -0.25) is 4.79 Å². The van der Waals surface area contributed by atoms with Crippen LogP contribution < -0.4 is 4.74 Å². The fourth-order valence-electron chi connectivity index (χ4n) is 4.24. The first-order chi connectivity index (χ1) is 14.0. The van der Waals surface area contributed by atoms with E-state index in [4.69, 9.17) is 9.47 Å². The van der Waals surface area contributed by atoms with Crippen molar-refractivity contribution in [3.63, 3.8) is 0 Å². The average molecular weight is 491 g/mol. The van der Waals surface area contributed by atoms with Gasteiger partial charge in [-0.1, -0.05) is 15.9 Å². The maximum atomic E-state index is 14.0. The number of halogens is 4. The second-order valence-corrected chi connectivity index (χ2v) is 9.12. The number of rotatable bonds is 6. The van der Waals surface area contributed by atoms with E-state index in [2.05, 4.69) is 20.9 Å². The van der Waals surface area contributed by atoms with Crippen molar-refractivity contribution in [3.8, 4) is 5.75 Å². The highest BCUT2D eigenvalue weighted by Crippen LogP contribution is 2.54. The third kappa shape index (κ3) is 3.79. The Labute approximate surface area is 179 Å². The molecule has 0 unspecified atom stereocenters. The van der Waals surface area contributed by atoms with Gasteiger partial charge in [0.05, 0.1) is 28.8 Å². The normalized spacial score (nSPS) is 25.1. The van der Waals surface area contributed by atoms with Crippen molar-refractivity contribution in [1.82, 2.24) is 9.55 Å². The van der Waals surface area contributed by atoms with Crippen molar-refractivity contribution in [2.24, 2.45) is 0 Å². The van der Waals surface area contributed by atoms with E-state index in [1.54, 1.807) is 6.92 Å². The quantitative estimate of drug-likeness (QED) is 0.477. The van der Waals surface area contributed by atoms with Crippen LogP contribution in [0.5, 0.6) is 5.75 Å². The van der Waals surface area contributed by atoms with Crippen LogP contribution in [0.1, 0.15) is 57.0 Å². The van der Waals surface area contributed by atoms with E-state index < -0.39 is 28.9 Å². The number of ether oxygens (including phenoxy) is 2. The van der Waals surface area contributed by atoms with Gasteiger partial charge in [-0.15, -0.1) is 0 Å². The van der Waals surface area contributed by atoms with Crippen LogP contribution in [0.3, 0.4) is 0 Å². The van der Waals surface area contributed by atoms with Crippen molar-refractivity contribution < 1.29 is 32.5 Å². The number of carbonyl (C=O) groups is 1. The zero-order valence-corrected chi connectivity index (χ0v) is 18.1. The van der Waals surface area contributed by atoms with Crippen molar-refractivity contribution in [2.45, 2.75) is 63.0 Å². The molecule has 1 N–H and O–H groups in total. The Balaban J connectivity index is 1.93. The summed E-state index contributed by atoms with van der Waals surface area (Å²) in [4.78, 5) is 16.2. The number of hydrogen-bond donors (Lipinski definition) is 1. The summed E-state index contributed by atoms with van der Waals surface area (Å²) in [5.74, 6) is -0.135. The van der Waals surface area contributed by atoms with Crippen LogP contribution >= 0.6 is 15.9 Å². The molecule has 0 spiro atoms. The molecule has 164 valence electrons. The zero-order valence-electron chi connectivity index (χ0n) is 16.6. The highest BCUT2D eigenvalue weighted by molar-refractivity contribution is 9.09. The number of aliphatic hydroxyl groups is 1. The Morgan fingerprint density at radius 2 is 2.03 bits per heavy atom. The lowest BCUT2D eigenvalue weighted by atomic mass is 9.77. The summed E-state index contributed by atoms with van der Waals surface area (Å²) in [6.07, 6.45) is -3.06. The fourth-order valence-corrected chi connectivity index (χ4v) is 4.40. The number of hydrogen-bond acceptors (Lipinski definition) is 5. The van der Waals surface area contributed by atoms with Gasteiger partial charge in [0.2, 0.25) is 0 Å². The molecule has 4 rings (SSSR count). The van der Waals surface area contributed by atoms with E-state index in [1.807, 2.05) is 0 Å². The molecule has 1 heterocycles. The largest absolute Gasteiger partial charge is 0.493 e. The van der Waals surface area contributed by atoms with E-state index in [9.17, 15) is 23.1 Å². The predicted octanol–water partition coefficient (Wildman–Crippen LogP) is 4.47. The predicted molar refractivity (Wildman–Crippen MR) is 106 cm³/mol. The molecule has 0 bridgehead atoms. The maximum Gasteiger partial charge on any atom is 0.418 e. The van der Waals surface area contributed by atoms with Crippen LogP contribution in [0.2, 0.25) is 0 Å². The molecule has 2 aromatic rings. The first-order valence-electron chi connectivity index (χ1n) is 9.70. The second kappa shape index (κ2) is 7.12. The number of carbonyl (C=O) groups excluding carboxylic acids is 1. The lowest BCUT2D eigenvalue weighted by Crippen LogP contribution is -2.43. The van der Waals surface area contributed by atoms with Crippen molar-refractivity contribution in [2.75, 3.05) is 11.9 Å². The second-order valence-electron chi connectivity index (χ2n) is 8.33. The third-order valence-electron chi connectivity index (χ3n) is 5.58. The van der Waals surface area contributed by atoms with Crippen LogP contribution in [-0.2, 0) is 21.3 Å². The Hall–Kier alpha value is -1.81. The number of esters is 1. The highest BCUT2D eigenvalue weighted by atomic mass is 79.9. The van der Waals surface area contributed by atoms with Crippen LogP contribution in [-0.4, -0.2) is 38.2 Å². The van der Waals surface area contributed by atoms with E-state index in [1.165, 1.54) is 17.6 Å². The molecule has 2 saturated carbocycles. The lowest BCUT2D eigenvalue weighted by Gasteiger charge is -2.43. The molecular formula is C20H22BrF3N2O4. The minimum atomic E-state index is -4.63. The molecule has 2 aliphatic rings. The molecule has 10 heteroatoms. The van der Waals surface area contributed by atoms with Gasteiger partial charge in [0.25, 0.3) is 0 Å². The van der Waals surface area contributed by atoms with Gasteiger partial charge in [0.1, 0.15) is 5.75 Å². The number of nitrogens with zero attached hydrogens (tertiary/aromatic N) is 2. The number of fused-ring (bicyclic) bond motifs is 1. The Morgan fingerprint density at radius 1 is 1.37 bits per heavy atom. The molecule has 2 aliphatic carbocycles. The van der Waals surface area contributed by atoms with Gasteiger partial charge < -0.3 is 19.1 Å². The number of benzene rings is 1. The van der Waals surface area contributed by atoms with Gasteiger partial charge in [0, 0.05) is 24.4 Å². The Kier molecular flexibility index (Phi) is 5.08. The Morgan fingerprint density at radius 3 is 2.53 bits per heavy atom. The molecule has 2 fully saturated rings. The Bertz CT molecular complexity index is 990. The van der Waals surface area contributed by atoms with Gasteiger partial charge in [-0.05, 0) is 38.7 Å². The van der Waals surface area contributed by atoms with Crippen molar-refractivity contribution >= 4 is 32.9 Å². The average Bonchev–Trinajstić information content (AvgIpc) is 3.26. The number of aromatic nitrogens is 2. The molecule has 0 amide bonds. The van der Waals surface area contributed by atoms with E-state index in [-0.39, 0.29) is 29.4 Å². The summed E-state index contributed by atoms with van der Waals surface area (Å²) in [6.45, 7) is 3.13. The van der Waals surface area contributed by atoms with Gasteiger partial charge in [-0.25, -0.2) is 4.98 Å². The van der Waals surface area contributed by atoms with Crippen molar-refractivity contribution in [3.05, 3.63) is 23.5 Å². The minimum absolute atomic E-state index is 0.0670. The fraction of sp³-hybridized carbons (Fsp3) is 0.600. The summed E-state index contributed by atoms with van der Waals surface area (Å²) >= 11 is 3.20. The molecule has 0 atom stereocenters. The number of imidazole rings is 1. The van der Waals surface area contributed by atoms with Crippen LogP contribution in [0.15, 0.2) is 12.1 Å². The van der Waals surface area contributed by atoms with Crippen molar-refractivity contribution in [1.29, 1.82) is 0 Å². The maximum absolute atomic E-state index is 14.0. The summed E-state index contributed by atoms with van der Waals surface area (Å²) < 4.78 is 54.5. The summed E-state index contributed by atoms with van der Waals surface area (Å²) in [7, 11) is 0. The number of alkyl halides is 4. The highest BCUT2D eigenvalue weighted by Gasteiger charge is 2.55. The molecular weight excluding hydrogens is 469 g/mol. The standard InChI is InChI=1S/C20H22BrF3N2O4/c1-11(27)30-19(3-4-19)17-25-15-8-13(29-6-5-21)7-14(20(22,23)24)16(15)26(17)12-9-18(2,28)10-12/h7-8,12,28H,3-6,9-10H2,1-2H3. The topological polar surface area (TPSA) is 73.6 Å². The van der Waals surface area contributed by atoms with E-state index in [0.29, 0.717) is 36.8 Å². The smallest absolute Gasteiger partial charge is 0.418 e. The van der Waals surface area contributed by atoms with E-state index >= 15 is 0 Å². The SMILES string of the molecule is CC(=O)OC1(c2nc3cc(OCCBr)cc(C(F)(F)F)c3n2C2CC(C)(O)C2)CC1. The summed E-state index contributed by atoms with van der Waals surface area (Å²) in [5.41, 5.74) is -2.76. The van der Waals surface area contributed by atoms with Crippen LogP contribution in [0, 0.1) is 0 Å². The van der Waals surface area contributed by atoms with Gasteiger partial charge in [-0.2, -0.15) is 13.2 Å². The molecule has 6 nitrogen and oxygen atoms in total. The molecule has 0 saturated heterocycles.